The number of unbranched alkanes of at least 4 members (excludes halogenated alkanes) is 28. The van der Waals surface area contributed by atoms with Gasteiger partial charge in [0, 0.05) is 19.3 Å². The van der Waals surface area contributed by atoms with Crippen molar-refractivity contribution in [3.8, 4) is 0 Å². The molecular weight excluding hydrogens is 612 g/mol. The van der Waals surface area contributed by atoms with Crippen LogP contribution in [0.3, 0.4) is 0 Å². The Morgan fingerprint density at radius 1 is 0.327 bits per heavy atom. The first-order valence-corrected chi connectivity index (χ1v) is 21.5. The summed E-state index contributed by atoms with van der Waals surface area (Å²) in [6.07, 6.45) is 38.3. The SMILES string of the molecule is CCCCCCCCCCCCCCCCCCCC(=O)OC[C@H](COC(=O)CCCCCCCCC)OC(=O)CCCCCCCCC. The van der Waals surface area contributed by atoms with Gasteiger partial charge in [0.1, 0.15) is 13.2 Å². The second kappa shape index (κ2) is 39.2. The van der Waals surface area contributed by atoms with Crippen molar-refractivity contribution in [2.75, 3.05) is 13.2 Å². The lowest BCUT2D eigenvalue weighted by atomic mass is 10.0. The summed E-state index contributed by atoms with van der Waals surface area (Å²) in [5.41, 5.74) is 0. The van der Waals surface area contributed by atoms with E-state index in [2.05, 4.69) is 20.8 Å². The first kappa shape index (κ1) is 47.4. The van der Waals surface area contributed by atoms with Gasteiger partial charge in [0.25, 0.3) is 0 Å². The number of rotatable bonds is 39. The molecule has 0 bridgehead atoms. The van der Waals surface area contributed by atoms with E-state index >= 15 is 0 Å². The van der Waals surface area contributed by atoms with Gasteiger partial charge in [-0.1, -0.05) is 201 Å². The fourth-order valence-corrected chi connectivity index (χ4v) is 6.32. The summed E-state index contributed by atoms with van der Waals surface area (Å²) in [4.78, 5) is 37.3. The van der Waals surface area contributed by atoms with Crippen LogP contribution in [0.15, 0.2) is 0 Å². The summed E-state index contributed by atoms with van der Waals surface area (Å²) >= 11 is 0. The van der Waals surface area contributed by atoms with Crippen LogP contribution in [-0.2, 0) is 28.6 Å². The van der Waals surface area contributed by atoms with Gasteiger partial charge < -0.3 is 14.2 Å². The Balaban J connectivity index is 4.14. The maximum atomic E-state index is 12.5. The average molecular weight is 695 g/mol. The minimum absolute atomic E-state index is 0.0642. The molecule has 49 heavy (non-hydrogen) atoms. The first-order chi connectivity index (χ1) is 24.0. The van der Waals surface area contributed by atoms with Crippen LogP contribution >= 0.6 is 0 Å². The van der Waals surface area contributed by atoms with E-state index in [4.69, 9.17) is 14.2 Å². The van der Waals surface area contributed by atoms with Crippen molar-refractivity contribution in [3.05, 3.63) is 0 Å². The normalized spacial score (nSPS) is 11.8. The van der Waals surface area contributed by atoms with E-state index in [0.29, 0.717) is 19.3 Å². The summed E-state index contributed by atoms with van der Waals surface area (Å²) in [7, 11) is 0. The van der Waals surface area contributed by atoms with Gasteiger partial charge >= 0.3 is 17.9 Å². The van der Waals surface area contributed by atoms with Crippen LogP contribution in [0.25, 0.3) is 0 Å². The summed E-state index contributed by atoms with van der Waals surface area (Å²) in [6.45, 7) is 6.56. The van der Waals surface area contributed by atoms with Crippen molar-refractivity contribution in [2.24, 2.45) is 0 Å². The molecule has 6 heteroatoms. The van der Waals surface area contributed by atoms with Crippen LogP contribution in [0, 0.1) is 0 Å². The van der Waals surface area contributed by atoms with Crippen LogP contribution in [0.2, 0.25) is 0 Å². The molecule has 6 nitrogen and oxygen atoms in total. The van der Waals surface area contributed by atoms with E-state index in [9.17, 15) is 14.4 Å². The van der Waals surface area contributed by atoms with Crippen molar-refractivity contribution in [1.29, 1.82) is 0 Å². The van der Waals surface area contributed by atoms with Crippen molar-refractivity contribution >= 4 is 17.9 Å². The third-order valence-electron chi connectivity index (χ3n) is 9.61. The number of hydrogen-bond donors (Lipinski definition) is 0. The second-order valence-corrected chi connectivity index (χ2v) is 14.6. The summed E-state index contributed by atoms with van der Waals surface area (Å²) in [6, 6.07) is 0. The predicted octanol–water partition coefficient (Wildman–Crippen LogP) is 13.3. The van der Waals surface area contributed by atoms with Gasteiger partial charge in [-0.3, -0.25) is 14.4 Å². The van der Waals surface area contributed by atoms with Gasteiger partial charge in [-0.15, -0.1) is 0 Å². The van der Waals surface area contributed by atoms with E-state index < -0.39 is 6.10 Å². The fraction of sp³-hybridized carbons (Fsp3) is 0.930. The topological polar surface area (TPSA) is 78.9 Å². The first-order valence-electron chi connectivity index (χ1n) is 21.5. The Hall–Kier alpha value is -1.59. The third-order valence-corrected chi connectivity index (χ3v) is 9.61. The number of carbonyl (C=O) groups is 3. The van der Waals surface area contributed by atoms with Crippen LogP contribution in [0.5, 0.6) is 0 Å². The lowest BCUT2D eigenvalue weighted by molar-refractivity contribution is -0.167. The van der Waals surface area contributed by atoms with Crippen LogP contribution in [0.1, 0.15) is 239 Å². The van der Waals surface area contributed by atoms with E-state index in [1.54, 1.807) is 0 Å². The quantitative estimate of drug-likeness (QED) is 0.0362. The van der Waals surface area contributed by atoms with Crippen LogP contribution < -0.4 is 0 Å². The molecule has 0 saturated carbocycles. The van der Waals surface area contributed by atoms with E-state index in [1.165, 1.54) is 141 Å². The van der Waals surface area contributed by atoms with Gasteiger partial charge in [-0.05, 0) is 19.3 Å². The highest BCUT2D eigenvalue weighted by molar-refractivity contribution is 5.71. The summed E-state index contributed by atoms with van der Waals surface area (Å²) in [5.74, 6) is -0.870. The molecular formula is C43H82O6. The van der Waals surface area contributed by atoms with E-state index in [-0.39, 0.29) is 31.1 Å². The number of ether oxygens (including phenoxy) is 3. The minimum Gasteiger partial charge on any atom is -0.462 e. The Bertz CT molecular complexity index is 723. The molecule has 0 saturated heterocycles. The molecule has 290 valence electrons. The van der Waals surface area contributed by atoms with Gasteiger partial charge in [0.15, 0.2) is 6.10 Å². The number of hydrogen-bond acceptors (Lipinski definition) is 6. The lowest BCUT2D eigenvalue weighted by Crippen LogP contribution is -2.30. The maximum absolute atomic E-state index is 12.5. The highest BCUT2D eigenvalue weighted by Gasteiger charge is 2.19. The Labute approximate surface area is 304 Å². The van der Waals surface area contributed by atoms with Crippen molar-refractivity contribution in [2.45, 2.75) is 245 Å². The minimum atomic E-state index is -0.755. The molecule has 0 aromatic heterocycles. The molecule has 0 unspecified atom stereocenters. The standard InChI is InChI=1S/C43H82O6/c1-4-7-10-13-16-17-18-19-20-21-22-23-24-25-28-30-33-36-42(45)48-39-40(49-43(46)37-34-31-27-15-12-9-6-3)38-47-41(44)35-32-29-26-14-11-8-5-2/h40H,4-39H2,1-3H3/t40-/m0/s1. The zero-order valence-corrected chi connectivity index (χ0v) is 33.0. The van der Waals surface area contributed by atoms with Crippen LogP contribution in [-0.4, -0.2) is 37.2 Å². The molecule has 1 atom stereocenters. The molecule has 0 radical (unpaired) electrons. The molecule has 0 rings (SSSR count). The molecule has 0 spiro atoms. The largest absolute Gasteiger partial charge is 0.462 e. The zero-order valence-electron chi connectivity index (χ0n) is 33.0. The molecule has 0 amide bonds. The van der Waals surface area contributed by atoms with E-state index in [0.717, 1.165) is 57.8 Å². The maximum Gasteiger partial charge on any atom is 0.306 e. The highest BCUT2D eigenvalue weighted by atomic mass is 16.6. The van der Waals surface area contributed by atoms with Crippen molar-refractivity contribution in [3.63, 3.8) is 0 Å². The Morgan fingerprint density at radius 2 is 0.551 bits per heavy atom. The Kier molecular flexibility index (Phi) is 37.9. The zero-order chi connectivity index (χ0) is 35.9. The van der Waals surface area contributed by atoms with Crippen molar-refractivity contribution in [1.82, 2.24) is 0 Å². The molecule has 0 aliphatic rings. The molecule has 0 fully saturated rings. The lowest BCUT2D eigenvalue weighted by Gasteiger charge is -2.18. The summed E-state index contributed by atoms with van der Waals surface area (Å²) < 4.78 is 16.6. The van der Waals surface area contributed by atoms with Gasteiger partial charge in [-0.2, -0.15) is 0 Å². The van der Waals surface area contributed by atoms with Gasteiger partial charge in [0.2, 0.25) is 0 Å². The average Bonchev–Trinajstić information content (AvgIpc) is 3.10. The molecule has 0 N–H and O–H groups in total. The van der Waals surface area contributed by atoms with Gasteiger partial charge in [-0.25, -0.2) is 0 Å². The fourth-order valence-electron chi connectivity index (χ4n) is 6.32. The molecule has 0 aliphatic heterocycles. The molecule has 0 aromatic carbocycles. The van der Waals surface area contributed by atoms with Crippen LogP contribution in [0.4, 0.5) is 0 Å². The monoisotopic (exact) mass is 695 g/mol. The van der Waals surface area contributed by atoms with Crippen molar-refractivity contribution < 1.29 is 28.6 Å². The molecule has 0 heterocycles. The highest BCUT2D eigenvalue weighted by Crippen LogP contribution is 2.15. The van der Waals surface area contributed by atoms with E-state index in [1.807, 2.05) is 0 Å². The molecule has 0 aliphatic carbocycles. The second-order valence-electron chi connectivity index (χ2n) is 14.6. The molecule has 0 aromatic rings. The van der Waals surface area contributed by atoms with Gasteiger partial charge in [0.05, 0.1) is 0 Å². The summed E-state index contributed by atoms with van der Waals surface area (Å²) in [5, 5.41) is 0. The number of esters is 3. The number of carbonyl (C=O) groups excluding carboxylic acids is 3. The Morgan fingerprint density at radius 3 is 0.816 bits per heavy atom. The third kappa shape index (κ3) is 37.5. The smallest absolute Gasteiger partial charge is 0.306 e. The predicted molar refractivity (Wildman–Crippen MR) is 206 cm³/mol.